The maximum absolute atomic E-state index is 8.73. The summed E-state index contributed by atoms with van der Waals surface area (Å²) < 4.78 is 0. The van der Waals surface area contributed by atoms with Crippen LogP contribution in [0.25, 0.3) is 0 Å². The van der Waals surface area contributed by atoms with Crippen molar-refractivity contribution in [3.05, 3.63) is 35.9 Å². The molecule has 2 aromatic rings. The molecule has 0 amide bonds. The van der Waals surface area contributed by atoms with Crippen LogP contribution in [0.2, 0.25) is 0 Å². The number of H-pyrrole nitrogens is 1. The van der Waals surface area contributed by atoms with E-state index in [0.717, 1.165) is 30.9 Å². The molecule has 0 atom stereocenters. The Morgan fingerprint density at radius 1 is 1.44 bits per heavy atom. The Kier molecular flexibility index (Phi) is 3.76. The number of hydrogen-bond donors (Lipinski definition) is 3. The molecule has 92 valence electrons. The van der Waals surface area contributed by atoms with Gasteiger partial charge in [0, 0.05) is 13.0 Å². The first kappa shape index (κ1) is 11.9. The third-order valence-electron chi connectivity index (χ3n) is 2.55. The number of hydrogen-bond acceptors (Lipinski definition) is 5. The van der Waals surface area contributed by atoms with Gasteiger partial charge in [-0.15, -0.1) is 0 Å². The molecule has 1 aromatic heterocycles. The van der Waals surface area contributed by atoms with E-state index in [2.05, 4.69) is 26.6 Å². The van der Waals surface area contributed by atoms with Crippen molar-refractivity contribution in [1.29, 1.82) is 5.26 Å². The van der Waals surface area contributed by atoms with Crippen molar-refractivity contribution in [3.63, 3.8) is 0 Å². The van der Waals surface area contributed by atoms with Crippen molar-refractivity contribution < 1.29 is 0 Å². The third kappa shape index (κ3) is 2.98. The lowest BCUT2D eigenvalue weighted by atomic mass is 10.2. The van der Waals surface area contributed by atoms with Crippen molar-refractivity contribution in [2.75, 3.05) is 17.6 Å². The van der Waals surface area contributed by atoms with Crippen molar-refractivity contribution >= 4 is 11.4 Å². The van der Waals surface area contributed by atoms with Gasteiger partial charge in [0.15, 0.2) is 0 Å². The average molecular weight is 242 g/mol. The highest BCUT2D eigenvalue weighted by atomic mass is 15.2. The molecule has 1 heterocycles. The molecule has 4 N–H and O–H groups in total. The zero-order valence-electron chi connectivity index (χ0n) is 9.85. The number of nitrogens with one attached hydrogen (secondary N) is 2. The fourth-order valence-corrected chi connectivity index (χ4v) is 1.62. The van der Waals surface area contributed by atoms with Crippen LogP contribution in [-0.2, 0) is 6.42 Å². The van der Waals surface area contributed by atoms with Crippen LogP contribution in [-0.4, -0.2) is 21.7 Å². The van der Waals surface area contributed by atoms with Crippen LogP contribution in [0.5, 0.6) is 0 Å². The molecular weight excluding hydrogens is 228 g/mol. The molecule has 2 rings (SSSR count). The number of nitriles is 1. The molecule has 0 aliphatic heterocycles. The molecule has 0 spiro atoms. The number of anilines is 2. The predicted octanol–water partition coefficient (Wildman–Crippen LogP) is 1.30. The molecule has 0 saturated heterocycles. The fraction of sp³-hybridized carbons (Fsp3) is 0.250. The van der Waals surface area contributed by atoms with Gasteiger partial charge in [0.25, 0.3) is 0 Å². The van der Waals surface area contributed by atoms with E-state index in [-0.39, 0.29) is 0 Å². The van der Waals surface area contributed by atoms with E-state index in [0.29, 0.717) is 11.3 Å². The van der Waals surface area contributed by atoms with E-state index in [4.69, 9.17) is 11.0 Å². The van der Waals surface area contributed by atoms with Crippen molar-refractivity contribution in [2.24, 2.45) is 0 Å². The highest BCUT2D eigenvalue weighted by Gasteiger charge is 2.00. The molecule has 0 bridgehead atoms. The molecule has 0 aliphatic carbocycles. The van der Waals surface area contributed by atoms with Gasteiger partial charge in [0.2, 0.25) is 0 Å². The Balaban J connectivity index is 1.82. The van der Waals surface area contributed by atoms with Gasteiger partial charge in [0.05, 0.1) is 23.0 Å². The predicted molar refractivity (Wildman–Crippen MR) is 68.8 cm³/mol. The van der Waals surface area contributed by atoms with Gasteiger partial charge < -0.3 is 11.1 Å². The van der Waals surface area contributed by atoms with Gasteiger partial charge in [-0.3, -0.25) is 5.10 Å². The third-order valence-corrected chi connectivity index (χ3v) is 2.55. The Hall–Kier alpha value is -2.55. The molecule has 18 heavy (non-hydrogen) atoms. The van der Waals surface area contributed by atoms with Crippen LogP contribution in [0, 0.1) is 11.3 Å². The maximum Gasteiger partial charge on any atom is 0.137 e. The van der Waals surface area contributed by atoms with Crippen LogP contribution in [0.4, 0.5) is 11.4 Å². The zero-order valence-corrected chi connectivity index (χ0v) is 9.85. The number of benzene rings is 1. The normalized spacial score (nSPS) is 9.94. The molecule has 0 radical (unpaired) electrons. The zero-order chi connectivity index (χ0) is 12.8. The van der Waals surface area contributed by atoms with E-state index in [1.54, 1.807) is 12.1 Å². The van der Waals surface area contributed by atoms with Crippen LogP contribution in [0.1, 0.15) is 17.8 Å². The van der Waals surface area contributed by atoms with Gasteiger partial charge in [-0.05, 0) is 24.6 Å². The smallest absolute Gasteiger partial charge is 0.137 e. The van der Waals surface area contributed by atoms with E-state index in [9.17, 15) is 0 Å². The SMILES string of the molecule is N#Cc1ccc(NCCCc2ncn[nH]2)c(N)c1. The second-order valence-corrected chi connectivity index (χ2v) is 3.88. The monoisotopic (exact) mass is 242 g/mol. The quantitative estimate of drug-likeness (QED) is 0.541. The number of rotatable bonds is 5. The number of aromatic nitrogens is 3. The molecule has 6 heteroatoms. The first-order valence-electron chi connectivity index (χ1n) is 5.67. The van der Waals surface area contributed by atoms with Crippen LogP contribution in [0.15, 0.2) is 24.5 Å². The minimum Gasteiger partial charge on any atom is -0.397 e. The summed E-state index contributed by atoms with van der Waals surface area (Å²) in [7, 11) is 0. The molecule has 0 aliphatic rings. The molecule has 0 saturated carbocycles. The van der Waals surface area contributed by atoms with Crippen LogP contribution < -0.4 is 11.1 Å². The maximum atomic E-state index is 8.73. The lowest BCUT2D eigenvalue weighted by molar-refractivity contribution is 0.806. The second-order valence-electron chi connectivity index (χ2n) is 3.88. The fourth-order valence-electron chi connectivity index (χ4n) is 1.62. The summed E-state index contributed by atoms with van der Waals surface area (Å²) in [6, 6.07) is 7.29. The molecule has 0 unspecified atom stereocenters. The molecular formula is C12H14N6. The lowest BCUT2D eigenvalue weighted by Gasteiger charge is -2.08. The number of nitrogens with zero attached hydrogens (tertiary/aromatic N) is 3. The summed E-state index contributed by atoms with van der Waals surface area (Å²) in [5.74, 6) is 0.879. The van der Waals surface area contributed by atoms with E-state index in [1.807, 2.05) is 6.07 Å². The van der Waals surface area contributed by atoms with Gasteiger partial charge in [-0.25, -0.2) is 4.98 Å². The first-order valence-corrected chi connectivity index (χ1v) is 5.67. The Morgan fingerprint density at radius 3 is 3.00 bits per heavy atom. The largest absolute Gasteiger partial charge is 0.397 e. The summed E-state index contributed by atoms with van der Waals surface area (Å²) in [4.78, 5) is 4.05. The van der Waals surface area contributed by atoms with Crippen molar-refractivity contribution in [3.8, 4) is 6.07 Å². The minimum absolute atomic E-state index is 0.569. The van der Waals surface area contributed by atoms with E-state index >= 15 is 0 Å². The van der Waals surface area contributed by atoms with Crippen molar-refractivity contribution in [1.82, 2.24) is 15.2 Å². The van der Waals surface area contributed by atoms with Gasteiger partial charge in [-0.2, -0.15) is 10.4 Å². The Morgan fingerprint density at radius 2 is 2.33 bits per heavy atom. The number of nitrogens with two attached hydrogens (primary N) is 1. The average Bonchev–Trinajstić information content (AvgIpc) is 2.89. The summed E-state index contributed by atoms with van der Waals surface area (Å²) in [5.41, 5.74) is 7.85. The van der Waals surface area contributed by atoms with E-state index in [1.165, 1.54) is 6.33 Å². The van der Waals surface area contributed by atoms with E-state index < -0.39 is 0 Å². The number of aromatic amines is 1. The highest BCUT2D eigenvalue weighted by molar-refractivity contribution is 5.68. The van der Waals surface area contributed by atoms with Crippen LogP contribution in [0.3, 0.4) is 0 Å². The second kappa shape index (κ2) is 5.68. The summed E-state index contributed by atoms with van der Waals surface area (Å²) in [6.07, 6.45) is 3.26. The highest BCUT2D eigenvalue weighted by Crippen LogP contribution is 2.19. The standard InChI is InChI=1S/C12H14N6/c13-7-9-3-4-11(10(14)6-9)15-5-1-2-12-16-8-17-18-12/h3-4,6,8,15H,1-2,5,14H2,(H,16,17,18). The summed E-state index contributed by atoms with van der Waals surface area (Å²) >= 11 is 0. The van der Waals surface area contributed by atoms with Gasteiger partial charge >= 0.3 is 0 Å². The molecule has 6 nitrogen and oxygen atoms in total. The summed E-state index contributed by atoms with van der Waals surface area (Å²) in [6.45, 7) is 0.788. The number of nitrogen functional groups attached to an aromatic ring is 1. The lowest BCUT2D eigenvalue weighted by Crippen LogP contribution is -2.06. The molecule has 0 fully saturated rings. The summed E-state index contributed by atoms with van der Waals surface area (Å²) in [5, 5.41) is 18.6. The van der Waals surface area contributed by atoms with Gasteiger partial charge in [0.1, 0.15) is 12.2 Å². The Bertz CT molecular complexity index is 540. The van der Waals surface area contributed by atoms with Crippen molar-refractivity contribution in [2.45, 2.75) is 12.8 Å². The Labute approximate surface area is 105 Å². The van der Waals surface area contributed by atoms with Crippen LogP contribution >= 0.6 is 0 Å². The number of aryl methyl sites for hydroxylation is 1. The minimum atomic E-state index is 0.569. The molecule has 1 aromatic carbocycles. The van der Waals surface area contributed by atoms with Gasteiger partial charge in [-0.1, -0.05) is 0 Å². The first-order chi connectivity index (χ1) is 8.79. The topological polar surface area (TPSA) is 103 Å².